The zero-order valence-corrected chi connectivity index (χ0v) is 12.7. The topological polar surface area (TPSA) is 17.0 Å². The van der Waals surface area contributed by atoms with Crippen LogP contribution in [0.15, 0.2) is 18.5 Å². The minimum atomic E-state index is 0.660. The van der Waals surface area contributed by atoms with Crippen LogP contribution in [0.5, 0.6) is 0 Å². The molecule has 1 fully saturated rings. The number of hydrogen-bond acceptors (Lipinski definition) is 1. The predicted octanol–water partition coefficient (Wildman–Crippen LogP) is 4.35. The van der Waals surface area contributed by atoms with Crippen LogP contribution in [0.25, 0.3) is 0 Å². The summed E-state index contributed by atoms with van der Waals surface area (Å²) in [6, 6.07) is 2.91. The summed E-state index contributed by atoms with van der Waals surface area (Å²) in [5, 5.41) is 3.74. The normalized spacial score (nSPS) is 19.3. The Hall–Kier alpha value is -0.760. The highest BCUT2D eigenvalue weighted by Gasteiger charge is 2.18. The molecule has 2 heteroatoms. The van der Waals surface area contributed by atoms with E-state index in [1.54, 1.807) is 0 Å². The first-order valence-electron chi connectivity index (χ1n) is 8.17. The van der Waals surface area contributed by atoms with E-state index >= 15 is 0 Å². The van der Waals surface area contributed by atoms with Gasteiger partial charge < -0.3 is 9.88 Å². The van der Waals surface area contributed by atoms with Crippen molar-refractivity contribution >= 4 is 0 Å². The van der Waals surface area contributed by atoms with E-state index < -0.39 is 0 Å². The van der Waals surface area contributed by atoms with Crippen molar-refractivity contribution in [2.24, 2.45) is 5.92 Å². The summed E-state index contributed by atoms with van der Waals surface area (Å²) < 4.78 is 2.30. The molecular formula is C17H30N2. The highest BCUT2D eigenvalue weighted by molar-refractivity contribution is 5.10. The van der Waals surface area contributed by atoms with Crippen molar-refractivity contribution in [2.45, 2.75) is 77.9 Å². The summed E-state index contributed by atoms with van der Waals surface area (Å²) >= 11 is 0. The Kier molecular flexibility index (Phi) is 5.96. The Labute approximate surface area is 118 Å². The minimum absolute atomic E-state index is 0.660. The average Bonchev–Trinajstić information content (AvgIpc) is 2.69. The lowest BCUT2D eigenvalue weighted by Gasteiger charge is -2.23. The van der Waals surface area contributed by atoms with Gasteiger partial charge in [0.05, 0.1) is 0 Å². The lowest BCUT2D eigenvalue weighted by Crippen LogP contribution is -2.32. The van der Waals surface area contributed by atoms with Gasteiger partial charge in [0.1, 0.15) is 0 Å². The zero-order valence-electron chi connectivity index (χ0n) is 12.7. The summed E-state index contributed by atoms with van der Waals surface area (Å²) in [5.74, 6) is 0.889. The molecule has 0 aromatic carbocycles. The molecule has 0 radical (unpaired) electrons. The van der Waals surface area contributed by atoms with Gasteiger partial charge in [0.15, 0.2) is 0 Å². The van der Waals surface area contributed by atoms with Crippen molar-refractivity contribution in [1.29, 1.82) is 0 Å². The zero-order chi connectivity index (χ0) is 13.5. The molecule has 1 aliphatic rings. The van der Waals surface area contributed by atoms with E-state index in [-0.39, 0.29) is 0 Å². The van der Waals surface area contributed by atoms with Crippen LogP contribution in [0.4, 0.5) is 0 Å². The fourth-order valence-electron chi connectivity index (χ4n) is 3.25. The summed E-state index contributed by atoms with van der Waals surface area (Å²) in [6.07, 6.45) is 14.3. The van der Waals surface area contributed by atoms with Gasteiger partial charge in [-0.15, -0.1) is 0 Å². The van der Waals surface area contributed by atoms with Crippen molar-refractivity contribution in [3.63, 3.8) is 0 Å². The largest absolute Gasteiger partial charge is 0.354 e. The number of hydrogen-bond donors (Lipinski definition) is 1. The first-order valence-corrected chi connectivity index (χ1v) is 8.17. The van der Waals surface area contributed by atoms with Crippen LogP contribution in [0, 0.1) is 5.92 Å². The van der Waals surface area contributed by atoms with Crippen molar-refractivity contribution < 1.29 is 0 Å². The second kappa shape index (κ2) is 7.74. The maximum Gasteiger partial charge on any atom is 0.0223 e. The molecule has 1 atom stereocenters. The molecule has 1 N–H and O–H groups in total. The van der Waals surface area contributed by atoms with Gasteiger partial charge >= 0.3 is 0 Å². The van der Waals surface area contributed by atoms with Crippen LogP contribution < -0.4 is 5.32 Å². The molecule has 2 rings (SSSR count). The molecular weight excluding hydrogens is 232 g/mol. The molecule has 0 unspecified atom stereocenters. The fraction of sp³-hybridized carbons (Fsp3) is 0.765. The Bertz CT molecular complexity index is 348. The van der Waals surface area contributed by atoms with Gasteiger partial charge in [0.2, 0.25) is 0 Å². The van der Waals surface area contributed by atoms with Gasteiger partial charge in [-0.25, -0.2) is 0 Å². The molecule has 1 aliphatic carbocycles. The molecule has 0 saturated heterocycles. The van der Waals surface area contributed by atoms with Gasteiger partial charge in [-0.3, -0.25) is 0 Å². The number of aromatic nitrogens is 1. The summed E-state index contributed by atoms with van der Waals surface area (Å²) in [5.41, 5.74) is 1.42. The second-order valence-electron chi connectivity index (χ2n) is 6.18. The molecule has 0 bridgehead atoms. The molecule has 0 amide bonds. The molecule has 19 heavy (non-hydrogen) atoms. The molecule has 2 nitrogen and oxygen atoms in total. The third-order valence-corrected chi connectivity index (χ3v) is 4.53. The summed E-state index contributed by atoms with van der Waals surface area (Å²) in [4.78, 5) is 0. The van der Waals surface area contributed by atoms with E-state index in [1.807, 2.05) is 0 Å². The number of nitrogens with zero attached hydrogens (tertiary/aromatic N) is 1. The summed E-state index contributed by atoms with van der Waals surface area (Å²) in [7, 11) is 0. The number of nitrogens with one attached hydrogen (secondary N) is 1. The van der Waals surface area contributed by atoms with E-state index in [9.17, 15) is 0 Å². The Morgan fingerprint density at radius 1 is 1.26 bits per heavy atom. The lowest BCUT2D eigenvalue weighted by atomic mass is 9.93. The number of aryl methyl sites for hydroxylation is 1. The van der Waals surface area contributed by atoms with Gasteiger partial charge in [-0.2, -0.15) is 0 Å². The van der Waals surface area contributed by atoms with E-state index in [4.69, 9.17) is 0 Å². The first kappa shape index (κ1) is 14.6. The quantitative estimate of drug-likeness (QED) is 0.754. The van der Waals surface area contributed by atoms with Crippen LogP contribution in [0.2, 0.25) is 0 Å². The average molecular weight is 262 g/mol. The number of rotatable bonds is 6. The van der Waals surface area contributed by atoms with Crippen LogP contribution in [-0.2, 0) is 13.1 Å². The molecule has 1 heterocycles. The fourth-order valence-corrected chi connectivity index (χ4v) is 3.25. The van der Waals surface area contributed by atoms with E-state index in [2.05, 4.69) is 42.2 Å². The van der Waals surface area contributed by atoms with Crippen molar-refractivity contribution in [2.75, 3.05) is 0 Å². The maximum atomic E-state index is 3.74. The molecule has 0 aliphatic heterocycles. The highest BCUT2D eigenvalue weighted by Crippen LogP contribution is 2.25. The van der Waals surface area contributed by atoms with Crippen LogP contribution in [-0.4, -0.2) is 10.6 Å². The molecule has 1 aromatic rings. The molecule has 0 spiro atoms. The van der Waals surface area contributed by atoms with Crippen LogP contribution >= 0.6 is 0 Å². The van der Waals surface area contributed by atoms with E-state index in [1.165, 1.54) is 50.5 Å². The van der Waals surface area contributed by atoms with Crippen molar-refractivity contribution in [3.05, 3.63) is 24.0 Å². The SMILES string of the molecule is CCCn1ccc(CN[C@H](C)C2CCCCCC2)c1. The summed E-state index contributed by atoms with van der Waals surface area (Å²) in [6.45, 7) is 6.76. The lowest BCUT2D eigenvalue weighted by molar-refractivity contribution is 0.336. The van der Waals surface area contributed by atoms with Crippen molar-refractivity contribution in [3.8, 4) is 0 Å². The Balaban J connectivity index is 1.76. The smallest absolute Gasteiger partial charge is 0.0223 e. The minimum Gasteiger partial charge on any atom is -0.354 e. The van der Waals surface area contributed by atoms with Crippen LogP contribution in [0.3, 0.4) is 0 Å². The Morgan fingerprint density at radius 3 is 2.68 bits per heavy atom. The first-order chi connectivity index (χ1) is 9.29. The Morgan fingerprint density at radius 2 is 2.00 bits per heavy atom. The van der Waals surface area contributed by atoms with Gasteiger partial charge in [-0.1, -0.05) is 32.6 Å². The second-order valence-corrected chi connectivity index (χ2v) is 6.18. The molecule has 1 aromatic heterocycles. The van der Waals surface area contributed by atoms with Gasteiger partial charge in [0.25, 0.3) is 0 Å². The molecule has 1 saturated carbocycles. The van der Waals surface area contributed by atoms with E-state index in [0.717, 1.165) is 19.0 Å². The van der Waals surface area contributed by atoms with Gasteiger partial charge in [0, 0.05) is 31.5 Å². The van der Waals surface area contributed by atoms with Gasteiger partial charge in [-0.05, 0) is 43.7 Å². The maximum absolute atomic E-state index is 3.74. The van der Waals surface area contributed by atoms with Crippen LogP contribution in [0.1, 0.15) is 64.4 Å². The third kappa shape index (κ3) is 4.68. The van der Waals surface area contributed by atoms with Crippen molar-refractivity contribution in [1.82, 2.24) is 9.88 Å². The standard InChI is InChI=1S/C17H30N2/c1-3-11-19-12-10-16(14-19)13-18-15(2)17-8-6-4-5-7-9-17/h10,12,14-15,17-18H,3-9,11,13H2,1-2H3/t15-/m1/s1. The van der Waals surface area contributed by atoms with E-state index in [0.29, 0.717) is 6.04 Å². The predicted molar refractivity (Wildman–Crippen MR) is 82.2 cm³/mol. The third-order valence-electron chi connectivity index (χ3n) is 4.53. The highest BCUT2D eigenvalue weighted by atomic mass is 15.0. The molecule has 108 valence electrons. The monoisotopic (exact) mass is 262 g/mol.